The van der Waals surface area contributed by atoms with Gasteiger partial charge in [0, 0.05) is 24.2 Å². The largest absolute Gasteiger partial charge is 0.449 e. The molecule has 0 radical (unpaired) electrons. The van der Waals surface area contributed by atoms with Gasteiger partial charge in [-0.05, 0) is 62.0 Å². The first-order chi connectivity index (χ1) is 16.2. The van der Waals surface area contributed by atoms with Gasteiger partial charge in [0.1, 0.15) is 17.7 Å². The normalized spacial score (nSPS) is 26.2. The van der Waals surface area contributed by atoms with Gasteiger partial charge in [0.25, 0.3) is 0 Å². The Balaban J connectivity index is 1.18. The van der Waals surface area contributed by atoms with E-state index in [4.69, 9.17) is 4.74 Å². The highest BCUT2D eigenvalue weighted by Crippen LogP contribution is 2.58. The molecule has 2 aliphatic carbocycles. The number of ether oxygens (including phenoxy) is 1. The predicted octanol–water partition coefficient (Wildman–Crippen LogP) is 2.90. The Bertz CT molecular complexity index is 1030. The molecule has 1 spiro atoms. The van der Waals surface area contributed by atoms with Gasteiger partial charge in [0.05, 0.1) is 12.5 Å². The molecule has 2 atom stereocenters. The first-order valence-electron chi connectivity index (χ1n) is 11.8. The summed E-state index contributed by atoms with van der Waals surface area (Å²) in [7, 11) is 0. The summed E-state index contributed by atoms with van der Waals surface area (Å²) < 4.78 is 34.9. The first kappa shape index (κ1) is 22.7. The van der Waals surface area contributed by atoms with Crippen molar-refractivity contribution < 1.29 is 32.7 Å². The van der Waals surface area contributed by atoms with E-state index in [0.29, 0.717) is 17.9 Å². The van der Waals surface area contributed by atoms with Crippen LogP contribution in [0.2, 0.25) is 0 Å². The number of imide groups is 1. The molecule has 1 aromatic rings. The summed E-state index contributed by atoms with van der Waals surface area (Å²) in [5, 5.41) is 4.65. The molecule has 0 bridgehead atoms. The van der Waals surface area contributed by atoms with Crippen LogP contribution in [0.3, 0.4) is 0 Å². The third-order valence-corrected chi connectivity index (χ3v) is 7.77. The maximum absolute atomic E-state index is 14.8. The average Bonchev–Trinajstić information content (AvgIpc) is 3.07. The summed E-state index contributed by atoms with van der Waals surface area (Å²) in [6.07, 6.45) is 5.59. The summed E-state index contributed by atoms with van der Waals surface area (Å²) in [4.78, 5) is 49.5. The van der Waals surface area contributed by atoms with Crippen molar-refractivity contribution in [2.75, 3.05) is 18.1 Å². The Hall–Kier alpha value is -3.04. The van der Waals surface area contributed by atoms with Crippen molar-refractivity contribution in [2.45, 2.75) is 63.3 Å². The number of alkyl carbamates (subject to hydrolysis) is 1. The molecule has 2 saturated carbocycles. The molecule has 2 N–H and O–H groups in total. The molecule has 4 amide bonds. The van der Waals surface area contributed by atoms with Crippen molar-refractivity contribution in [1.82, 2.24) is 10.6 Å². The molecule has 0 aromatic heterocycles. The van der Waals surface area contributed by atoms with Crippen molar-refractivity contribution in [1.29, 1.82) is 0 Å². The van der Waals surface area contributed by atoms with Gasteiger partial charge in [0.15, 0.2) is 0 Å². The van der Waals surface area contributed by atoms with E-state index in [1.54, 1.807) is 0 Å². The number of rotatable bonds is 5. The third-order valence-electron chi connectivity index (χ3n) is 7.77. The Kier molecular flexibility index (Phi) is 5.77. The number of nitrogens with one attached hydrogen (secondary N) is 2. The zero-order valence-electron chi connectivity index (χ0n) is 18.7. The minimum Gasteiger partial charge on any atom is -0.449 e. The maximum Gasteiger partial charge on any atom is 0.407 e. The van der Waals surface area contributed by atoms with Gasteiger partial charge in [-0.3, -0.25) is 19.7 Å². The number of piperidine rings is 1. The molecule has 4 aliphatic rings. The predicted molar refractivity (Wildman–Crippen MR) is 116 cm³/mol. The number of hydrogen-bond donors (Lipinski definition) is 2. The van der Waals surface area contributed by atoms with E-state index in [1.165, 1.54) is 24.2 Å². The van der Waals surface area contributed by atoms with Crippen LogP contribution in [-0.2, 0) is 19.1 Å². The van der Waals surface area contributed by atoms with Crippen molar-refractivity contribution in [2.24, 2.45) is 11.3 Å². The zero-order chi connectivity index (χ0) is 24.0. The molecule has 34 heavy (non-hydrogen) atoms. The number of nitrogens with zero attached hydrogens (tertiary/aromatic N) is 1. The monoisotopic (exact) mass is 475 g/mol. The Morgan fingerprint density at radius 3 is 2.47 bits per heavy atom. The molecule has 0 unspecified atom stereocenters. The van der Waals surface area contributed by atoms with Crippen LogP contribution in [0, 0.1) is 23.0 Å². The highest BCUT2D eigenvalue weighted by atomic mass is 19.1. The van der Waals surface area contributed by atoms with Crippen LogP contribution in [0.15, 0.2) is 12.1 Å². The van der Waals surface area contributed by atoms with E-state index in [1.807, 2.05) is 0 Å². The standard InChI is InChI=1S/C24H27F2N3O5/c25-16-8-14(9-17(26)20(16)15-2-3-19(30)28-21(15)31)29-7-4-18(22(29)32)27-23(33)34-12-13-10-24(11-13)5-1-6-24/h8-9,13,15,18H,1-7,10-12H2,(H,27,33)(H,28,30,31)/t15-,18+/m0/s1. The first-order valence-corrected chi connectivity index (χ1v) is 11.8. The summed E-state index contributed by atoms with van der Waals surface area (Å²) in [6.45, 7) is 0.502. The number of anilines is 1. The van der Waals surface area contributed by atoms with Crippen LogP contribution in [0.4, 0.5) is 19.3 Å². The van der Waals surface area contributed by atoms with Crippen molar-refractivity contribution in [3.05, 3.63) is 29.3 Å². The minimum atomic E-state index is -1.11. The quantitative estimate of drug-likeness (QED) is 0.638. The number of hydrogen-bond acceptors (Lipinski definition) is 5. The van der Waals surface area contributed by atoms with Crippen LogP contribution in [0.25, 0.3) is 0 Å². The fraction of sp³-hybridized carbons (Fsp3) is 0.583. The Morgan fingerprint density at radius 1 is 1.15 bits per heavy atom. The highest BCUT2D eigenvalue weighted by molar-refractivity contribution is 6.02. The van der Waals surface area contributed by atoms with E-state index in [2.05, 4.69) is 10.6 Å². The lowest BCUT2D eigenvalue weighted by Crippen LogP contribution is -2.46. The topological polar surface area (TPSA) is 105 Å². The van der Waals surface area contributed by atoms with Gasteiger partial charge < -0.3 is 15.0 Å². The van der Waals surface area contributed by atoms with E-state index < -0.39 is 53.0 Å². The maximum atomic E-state index is 14.8. The number of amides is 4. The number of halogens is 2. The molecule has 10 heteroatoms. The van der Waals surface area contributed by atoms with Gasteiger partial charge in [-0.25, -0.2) is 13.6 Å². The average molecular weight is 475 g/mol. The SMILES string of the molecule is O=C1CC[C@@H](c2c(F)cc(N3CC[C@@H](NC(=O)OCC4CC5(CCC5)C4)C3=O)cc2F)C(=O)N1. The van der Waals surface area contributed by atoms with Gasteiger partial charge in [-0.15, -0.1) is 0 Å². The van der Waals surface area contributed by atoms with Gasteiger partial charge in [0.2, 0.25) is 17.7 Å². The molecular weight excluding hydrogens is 448 g/mol. The smallest absolute Gasteiger partial charge is 0.407 e. The molecule has 5 rings (SSSR count). The molecule has 2 aliphatic heterocycles. The van der Waals surface area contributed by atoms with E-state index >= 15 is 0 Å². The molecule has 182 valence electrons. The van der Waals surface area contributed by atoms with Gasteiger partial charge >= 0.3 is 6.09 Å². The van der Waals surface area contributed by atoms with Crippen molar-refractivity contribution in [3.63, 3.8) is 0 Å². The molecular formula is C24H27F2N3O5. The second-order valence-electron chi connectivity index (χ2n) is 10.0. The molecule has 4 fully saturated rings. The summed E-state index contributed by atoms with van der Waals surface area (Å²) in [5.74, 6) is -4.37. The lowest BCUT2D eigenvalue weighted by molar-refractivity contribution is -0.134. The minimum absolute atomic E-state index is 0.00723. The van der Waals surface area contributed by atoms with E-state index in [-0.39, 0.29) is 31.5 Å². The van der Waals surface area contributed by atoms with Crippen molar-refractivity contribution in [3.8, 4) is 0 Å². The zero-order valence-corrected chi connectivity index (χ0v) is 18.7. The second-order valence-corrected chi connectivity index (χ2v) is 10.0. The third kappa shape index (κ3) is 4.14. The fourth-order valence-electron chi connectivity index (χ4n) is 5.84. The van der Waals surface area contributed by atoms with E-state index in [0.717, 1.165) is 25.0 Å². The molecule has 2 heterocycles. The van der Waals surface area contributed by atoms with Crippen LogP contribution in [0.5, 0.6) is 0 Å². The van der Waals surface area contributed by atoms with Crippen LogP contribution >= 0.6 is 0 Å². The number of carbonyl (C=O) groups excluding carboxylic acids is 4. The molecule has 1 aromatic carbocycles. The van der Waals surface area contributed by atoms with Crippen LogP contribution < -0.4 is 15.5 Å². The van der Waals surface area contributed by atoms with Crippen LogP contribution in [-0.4, -0.2) is 43.0 Å². The second kappa shape index (κ2) is 8.63. The summed E-state index contributed by atoms with van der Waals surface area (Å²) in [5.41, 5.74) is 0.0809. The Morgan fingerprint density at radius 2 is 1.85 bits per heavy atom. The van der Waals surface area contributed by atoms with Gasteiger partial charge in [-0.2, -0.15) is 0 Å². The van der Waals surface area contributed by atoms with E-state index in [9.17, 15) is 28.0 Å². The number of carbonyl (C=O) groups is 4. The molecule has 2 saturated heterocycles. The fourth-order valence-corrected chi connectivity index (χ4v) is 5.84. The number of benzene rings is 1. The van der Waals surface area contributed by atoms with Crippen molar-refractivity contribution >= 4 is 29.5 Å². The molecule has 8 nitrogen and oxygen atoms in total. The lowest BCUT2D eigenvalue weighted by atomic mass is 9.52. The van der Waals surface area contributed by atoms with Crippen LogP contribution in [0.1, 0.15) is 62.8 Å². The lowest BCUT2D eigenvalue weighted by Gasteiger charge is -2.54. The summed E-state index contributed by atoms with van der Waals surface area (Å²) >= 11 is 0. The Labute approximate surface area is 195 Å². The summed E-state index contributed by atoms with van der Waals surface area (Å²) in [6, 6.07) is 1.18. The van der Waals surface area contributed by atoms with Gasteiger partial charge in [-0.1, -0.05) is 6.42 Å². The highest BCUT2D eigenvalue weighted by Gasteiger charge is 2.48.